The number of anilines is 1. The Bertz CT molecular complexity index is 1510. The van der Waals surface area contributed by atoms with Crippen molar-refractivity contribution in [3.05, 3.63) is 65.5 Å². The molecule has 3 heterocycles. The number of hydrogen-bond acceptors (Lipinski definition) is 7. The van der Waals surface area contributed by atoms with E-state index in [4.69, 9.17) is 15.5 Å². The van der Waals surface area contributed by atoms with Crippen molar-refractivity contribution < 1.29 is 9.53 Å². The van der Waals surface area contributed by atoms with Gasteiger partial charge in [-0.3, -0.25) is 14.6 Å². The smallest absolute Gasteiger partial charge is 0.237 e. The van der Waals surface area contributed by atoms with E-state index in [1.54, 1.807) is 7.11 Å². The molecule has 9 nitrogen and oxygen atoms in total. The number of aryl methyl sites for hydroxylation is 3. The number of pyridine rings is 1. The van der Waals surface area contributed by atoms with Crippen LogP contribution in [0.4, 0.5) is 5.82 Å². The number of carbonyl (C=O) groups excluding carboxylic acids is 1. The Hall–Kier alpha value is -3.53. The Labute approximate surface area is 262 Å². The van der Waals surface area contributed by atoms with E-state index < -0.39 is 0 Å². The molecule has 0 bridgehead atoms. The molecule has 2 aromatic carbocycles. The highest BCUT2D eigenvalue weighted by atomic mass is 16.5. The lowest BCUT2D eigenvalue weighted by atomic mass is 10.1. The standard InChI is InChI=1S/C35H49N7O2/c1-4-6-12-31-38-33-34(29-10-7-8-11-30(29)37-35(33)36)42(31)18-9-17-41(25-28-15-13-27(5-2)14-16-28)32(43)26-40-21-19-39(20-22-40)23-24-44-3/h7-8,10-11,13-16H,4-6,9,12,17-26H2,1-3H3,(H2,36,37). The minimum Gasteiger partial charge on any atom is -0.383 e. The number of aromatic nitrogens is 3. The quantitative estimate of drug-likeness (QED) is 0.211. The minimum absolute atomic E-state index is 0.190. The van der Waals surface area contributed by atoms with E-state index in [0.717, 1.165) is 106 Å². The highest BCUT2D eigenvalue weighted by molar-refractivity contribution is 6.06. The van der Waals surface area contributed by atoms with Gasteiger partial charge in [0, 0.05) is 71.3 Å². The molecule has 5 rings (SSSR count). The third-order valence-corrected chi connectivity index (χ3v) is 8.85. The monoisotopic (exact) mass is 599 g/mol. The summed E-state index contributed by atoms with van der Waals surface area (Å²) in [6.07, 6.45) is 4.88. The number of methoxy groups -OCH3 is 1. The van der Waals surface area contributed by atoms with Crippen molar-refractivity contribution in [2.75, 3.05) is 65.3 Å². The summed E-state index contributed by atoms with van der Waals surface area (Å²) in [7, 11) is 1.75. The van der Waals surface area contributed by atoms with E-state index in [0.29, 0.717) is 25.5 Å². The topological polar surface area (TPSA) is 92.7 Å². The van der Waals surface area contributed by atoms with Gasteiger partial charge in [-0.15, -0.1) is 0 Å². The van der Waals surface area contributed by atoms with E-state index in [-0.39, 0.29) is 5.91 Å². The van der Waals surface area contributed by atoms with Crippen LogP contribution in [0.2, 0.25) is 0 Å². The van der Waals surface area contributed by atoms with E-state index in [1.807, 2.05) is 18.2 Å². The number of ether oxygens (including phenoxy) is 1. The normalized spacial score (nSPS) is 14.5. The Kier molecular flexibility index (Phi) is 11.2. The molecule has 0 spiro atoms. The number of nitrogen functional groups attached to an aromatic ring is 1. The number of nitrogens with two attached hydrogens (primary N) is 1. The summed E-state index contributed by atoms with van der Waals surface area (Å²) in [5.41, 5.74) is 11.6. The van der Waals surface area contributed by atoms with E-state index in [9.17, 15) is 4.79 Å². The number of hydrogen-bond donors (Lipinski definition) is 1. The van der Waals surface area contributed by atoms with Gasteiger partial charge in [-0.2, -0.15) is 0 Å². The third-order valence-electron chi connectivity index (χ3n) is 8.85. The summed E-state index contributed by atoms with van der Waals surface area (Å²) in [5, 5.41) is 1.07. The zero-order valence-corrected chi connectivity index (χ0v) is 26.8. The van der Waals surface area contributed by atoms with Gasteiger partial charge >= 0.3 is 0 Å². The Morgan fingerprint density at radius 2 is 1.66 bits per heavy atom. The molecule has 44 heavy (non-hydrogen) atoms. The first-order valence-electron chi connectivity index (χ1n) is 16.3. The van der Waals surface area contributed by atoms with Crippen molar-refractivity contribution in [2.45, 2.75) is 59.0 Å². The van der Waals surface area contributed by atoms with Crippen molar-refractivity contribution in [3.8, 4) is 0 Å². The van der Waals surface area contributed by atoms with Crippen molar-refractivity contribution in [1.29, 1.82) is 0 Å². The molecular formula is C35H49N7O2. The van der Waals surface area contributed by atoms with Gasteiger partial charge in [-0.25, -0.2) is 9.97 Å². The van der Waals surface area contributed by atoms with Crippen LogP contribution < -0.4 is 5.73 Å². The molecule has 1 aliphatic heterocycles. The number of imidazole rings is 1. The number of unbranched alkanes of at least 4 members (excludes halogenated alkanes) is 1. The number of benzene rings is 2. The molecule has 1 saturated heterocycles. The maximum atomic E-state index is 13.8. The SMILES string of the molecule is CCCCc1nc2c(N)nc3ccccc3c2n1CCCN(Cc1ccc(CC)cc1)C(=O)CN1CCN(CCOC)CC1. The fourth-order valence-electron chi connectivity index (χ4n) is 6.17. The molecule has 1 amide bonds. The summed E-state index contributed by atoms with van der Waals surface area (Å²) in [6.45, 7) is 12.3. The van der Waals surface area contributed by atoms with Gasteiger partial charge in [-0.05, 0) is 36.5 Å². The number of para-hydroxylation sites is 1. The van der Waals surface area contributed by atoms with Crippen LogP contribution in [0.5, 0.6) is 0 Å². The highest BCUT2D eigenvalue weighted by Gasteiger charge is 2.23. The van der Waals surface area contributed by atoms with Gasteiger partial charge in [0.05, 0.1) is 24.2 Å². The molecule has 0 unspecified atom stereocenters. The second-order valence-electron chi connectivity index (χ2n) is 11.9. The lowest BCUT2D eigenvalue weighted by Gasteiger charge is -2.35. The minimum atomic E-state index is 0.190. The molecule has 2 aromatic heterocycles. The molecule has 0 saturated carbocycles. The number of piperazine rings is 1. The number of fused-ring (bicyclic) bond motifs is 3. The summed E-state index contributed by atoms with van der Waals surface area (Å²) >= 11 is 0. The molecule has 2 N–H and O–H groups in total. The van der Waals surface area contributed by atoms with Gasteiger partial charge in [-0.1, -0.05) is 62.7 Å². The first kappa shape index (κ1) is 31.9. The highest BCUT2D eigenvalue weighted by Crippen LogP contribution is 2.29. The molecule has 9 heteroatoms. The van der Waals surface area contributed by atoms with Gasteiger partial charge in [0.1, 0.15) is 11.3 Å². The summed E-state index contributed by atoms with van der Waals surface area (Å²) in [6, 6.07) is 16.9. The largest absolute Gasteiger partial charge is 0.383 e. The lowest BCUT2D eigenvalue weighted by molar-refractivity contribution is -0.133. The van der Waals surface area contributed by atoms with Crippen LogP contribution >= 0.6 is 0 Å². The molecule has 0 aliphatic carbocycles. The number of rotatable bonds is 15. The van der Waals surface area contributed by atoms with Gasteiger partial charge in [0.25, 0.3) is 0 Å². The average Bonchev–Trinajstić information content (AvgIpc) is 3.42. The Balaban J connectivity index is 1.33. The zero-order valence-electron chi connectivity index (χ0n) is 26.8. The Morgan fingerprint density at radius 3 is 2.39 bits per heavy atom. The van der Waals surface area contributed by atoms with Crippen LogP contribution in [-0.4, -0.2) is 94.7 Å². The van der Waals surface area contributed by atoms with Crippen molar-refractivity contribution in [2.24, 2.45) is 0 Å². The van der Waals surface area contributed by atoms with Crippen molar-refractivity contribution >= 4 is 33.7 Å². The Morgan fingerprint density at radius 1 is 0.932 bits per heavy atom. The maximum absolute atomic E-state index is 13.8. The van der Waals surface area contributed by atoms with E-state index in [2.05, 4.69) is 68.4 Å². The predicted molar refractivity (Wildman–Crippen MR) is 179 cm³/mol. The van der Waals surface area contributed by atoms with Crippen LogP contribution in [0.3, 0.4) is 0 Å². The first-order valence-corrected chi connectivity index (χ1v) is 16.3. The second-order valence-corrected chi connectivity index (χ2v) is 11.9. The summed E-state index contributed by atoms with van der Waals surface area (Å²) < 4.78 is 7.59. The van der Waals surface area contributed by atoms with Crippen LogP contribution in [0.25, 0.3) is 21.9 Å². The van der Waals surface area contributed by atoms with Crippen molar-refractivity contribution in [3.63, 3.8) is 0 Å². The second kappa shape index (κ2) is 15.5. The van der Waals surface area contributed by atoms with Gasteiger partial charge < -0.3 is 19.9 Å². The molecule has 0 atom stereocenters. The molecule has 1 aliphatic rings. The third kappa shape index (κ3) is 7.75. The van der Waals surface area contributed by atoms with Gasteiger partial charge in [0.15, 0.2) is 5.82 Å². The zero-order chi connectivity index (χ0) is 30.9. The average molecular weight is 600 g/mol. The summed E-state index contributed by atoms with van der Waals surface area (Å²) in [4.78, 5) is 30.2. The summed E-state index contributed by atoms with van der Waals surface area (Å²) in [5.74, 6) is 1.71. The fraction of sp³-hybridized carbons (Fsp3) is 0.514. The maximum Gasteiger partial charge on any atom is 0.237 e. The van der Waals surface area contributed by atoms with Gasteiger partial charge in [0.2, 0.25) is 5.91 Å². The number of carbonyl (C=O) groups is 1. The predicted octanol–water partition coefficient (Wildman–Crippen LogP) is 4.75. The van der Waals surface area contributed by atoms with E-state index >= 15 is 0 Å². The number of nitrogens with zero attached hydrogens (tertiary/aromatic N) is 6. The lowest BCUT2D eigenvalue weighted by Crippen LogP contribution is -2.50. The first-order chi connectivity index (χ1) is 21.5. The van der Waals surface area contributed by atoms with Crippen molar-refractivity contribution in [1.82, 2.24) is 29.2 Å². The molecule has 1 fully saturated rings. The molecule has 0 radical (unpaired) electrons. The number of amides is 1. The molecule has 4 aromatic rings. The van der Waals surface area contributed by atoms with Crippen LogP contribution in [-0.2, 0) is 35.5 Å². The van der Waals surface area contributed by atoms with Crippen LogP contribution in [0.1, 0.15) is 50.1 Å². The molecule has 236 valence electrons. The van der Waals surface area contributed by atoms with Crippen LogP contribution in [0.15, 0.2) is 48.5 Å². The van der Waals surface area contributed by atoms with E-state index in [1.165, 1.54) is 11.1 Å². The fourth-order valence-corrected chi connectivity index (χ4v) is 6.17. The molecular weight excluding hydrogens is 550 g/mol. The van der Waals surface area contributed by atoms with Crippen LogP contribution in [0, 0.1) is 0 Å².